The molecule has 1 aromatic rings. The highest BCUT2D eigenvalue weighted by atomic mass is 35.5. The fourth-order valence-corrected chi connectivity index (χ4v) is 2.05. The van der Waals surface area contributed by atoms with Gasteiger partial charge in [0.15, 0.2) is 5.96 Å². The number of hydrogen-bond donors (Lipinski definition) is 2. The van der Waals surface area contributed by atoms with Crippen LogP contribution in [0.4, 0.5) is 0 Å². The highest BCUT2D eigenvalue weighted by Gasteiger charge is 2.10. The molecule has 0 bridgehead atoms. The number of aliphatic imine (C=N–C) groups is 1. The summed E-state index contributed by atoms with van der Waals surface area (Å²) in [5.41, 5.74) is 6.76. The first kappa shape index (κ1) is 15.1. The van der Waals surface area contributed by atoms with Crippen molar-refractivity contribution in [1.82, 2.24) is 5.32 Å². The lowest BCUT2D eigenvalue weighted by Crippen LogP contribution is -2.34. The van der Waals surface area contributed by atoms with Crippen LogP contribution in [0.3, 0.4) is 0 Å². The van der Waals surface area contributed by atoms with Crippen molar-refractivity contribution >= 4 is 29.2 Å². The van der Waals surface area contributed by atoms with Crippen LogP contribution < -0.4 is 11.1 Å². The summed E-state index contributed by atoms with van der Waals surface area (Å²) >= 11 is 12.0. The number of rotatable bonds is 4. The molecule has 1 unspecified atom stereocenters. The third-order valence-corrected chi connectivity index (χ3v) is 2.98. The molecule has 0 amide bonds. The second-order valence-corrected chi connectivity index (χ2v) is 5.50. The first-order chi connectivity index (χ1) is 8.40. The first-order valence-corrected chi connectivity index (χ1v) is 6.67. The molecule has 0 saturated heterocycles. The van der Waals surface area contributed by atoms with E-state index in [0.29, 0.717) is 28.5 Å². The standard InChI is InChI=1S/C13H19Cl2N3/c1-8(2)7-17-13(16)18-9(3)11-5-4-10(14)6-12(11)15/h4-6,8-9H,7H2,1-3H3,(H3,16,17,18). The van der Waals surface area contributed by atoms with Gasteiger partial charge in [-0.05, 0) is 30.5 Å². The Morgan fingerprint density at radius 1 is 1.33 bits per heavy atom. The normalized spacial score (nSPS) is 13.8. The topological polar surface area (TPSA) is 50.4 Å². The van der Waals surface area contributed by atoms with Gasteiger partial charge >= 0.3 is 0 Å². The number of guanidine groups is 1. The van der Waals surface area contributed by atoms with Crippen molar-refractivity contribution in [1.29, 1.82) is 0 Å². The maximum atomic E-state index is 6.13. The summed E-state index contributed by atoms with van der Waals surface area (Å²) in [5.74, 6) is 0.919. The molecule has 0 spiro atoms. The number of nitrogens with zero attached hydrogens (tertiary/aromatic N) is 1. The number of benzene rings is 1. The van der Waals surface area contributed by atoms with E-state index in [0.717, 1.165) is 5.56 Å². The van der Waals surface area contributed by atoms with Crippen molar-refractivity contribution in [2.75, 3.05) is 6.54 Å². The van der Waals surface area contributed by atoms with Crippen molar-refractivity contribution < 1.29 is 0 Å². The molecule has 1 aromatic carbocycles. The summed E-state index contributed by atoms with van der Waals surface area (Å²) < 4.78 is 0. The Morgan fingerprint density at radius 3 is 2.56 bits per heavy atom. The van der Waals surface area contributed by atoms with Gasteiger partial charge in [0.25, 0.3) is 0 Å². The summed E-state index contributed by atoms with van der Waals surface area (Å²) in [6, 6.07) is 5.41. The minimum absolute atomic E-state index is 0.00863. The second kappa shape index (κ2) is 6.86. The van der Waals surface area contributed by atoms with Crippen LogP contribution in [0.2, 0.25) is 10.0 Å². The van der Waals surface area contributed by atoms with E-state index in [1.807, 2.05) is 19.1 Å². The van der Waals surface area contributed by atoms with Gasteiger partial charge in [0, 0.05) is 16.6 Å². The summed E-state index contributed by atoms with van der Waals surface area (Å²) in [4.78, 5) is 4.25. The van der Waals surface area contributed by atoms with Gasteiger partial charge in [-0.2, -0.15) is 0 Å². The lowest BCUT2D eigenvalue weighted by molar-refractivity contribution is 0.652. The van der Waals surface area contributed by atoms with Crippen molar-refractivity contribution in [3.63, 3.8) is 0 Å². The van der Waals surface area contributed by atoms with Crippen LogP contribution in [-0.4, -0.2) is 12.5 Å². The van der Waals surface area contributed by atoms with Crippen LogP contribution in [0.5, 0.6) is 0 Å². The van der Waals surface area contributed by atoms with E-state index in [2.05, 4.69) is 24.2 Å². The summed E-state index contributed by atoms with van der Waals surface area (Å²) in [5, 5.41) is 4.36. The van der Waals surface area contributed by atoms with Crippen LogP contribution in [-0.2, 0) is 0 Å². The number of nitrogens with two attached hydrogens (primary N) is 1. The molecule has 3 N–H and O–H groups in total. The van der Waals surface area contributed by atoms with Gasteiger partial charge in [-0.25, -0.2) is 0 Å². The molecule has 18 heavy (non-hydrogen) atoms. The molecule has 0 heterocycles. The molecule has 0 aromatic heterocycles. The van der Waals surface area contributed by atoms with E-state index in [1.165, 1.54) is 0 Å². The molecule has 0 radical (unpaired) electrons. The third-order valence-electron chi connectivity index (χ3n) is 2.42. The minimum atomic E-state index is -0.00863. The lowest BCUT2D eigenvalue weighted by atomic mass is 10.1. The zero-order valence-electron chi connectivity index (χ0n) is 10.9. The molecule has 0 fully saturated rings. The Balaban J connectivity index is 2.70. The summed E-state index contributed by atoms with van der Waals surface area (Å²) in [6.45, 7) is 6.87. The Labute approximate surface area is 118 Å². The molecule has 100 valence electrons. The van der Waals surface area contributed by atoms with Crippen LogP contribution in [0.25, 0.3) is 0 Å². The molecule has 0 aliphatic rings. The Hall–Kier alpha value is -0.930. The fraction of sp³-hybridized carbons (Fsp3) is 0.462. The zero-order valence-corrected chi connectivity index (χ0v) is 12.4. The monoisotopic (exact) mass is 287 g/mol. The summed E-state index contributed by atoms with van der Waals surface area (Å²) in [7, 11) is 0. The largest absolute Gasteiger partial charge is 0.370 e. The highest BCUT2D eigenvalue weighted by molar-refractivity contribution is 6.35. The van der Waals surface area contributed by atoms with Gasteiger partial charge in [-0.1, -0.05) is 43.1 Å². The van der Waals surface area contributed by atoms with Crippen molar-refractivity contribution in [2.24, 2.45) is 16.6 Å². The van der Waals surface area contributed by atoms with Crippen molar-refractivity contribution in [3.05, 3.63) is 33.8 Å². The smallest absolute Gasteiger partial charge is 0.189 e. The molecule has 0 aliphatic carbocycles. The van der Waals surface area contributed by atoms with Crippen LogP contribution in [0.15, 0.2) is 23.2 Å². The zero-order chi connectivity index (χ0) is 13.7. The number of halogens is 2. The Morgan fingerprint density at radius 2 is 2.00 bits per heavy atom. The third kappa shape index (κ3) is 4.75. The van der Waals surface area contributed by atoms with E-state index in [1.54, 1.807) is 6.07 Å². The molecular weight excluding hydrogens is 269 g/mol. The van der Waals surface area contributed by atoms with Crippen LogP contribution in [0.1, 0.15) is 32.4 Å². The van der Waals surface area contributed by atoms with Crippen LogP contribution in [0, 0.1) is 5.92 Å². The molecule has 1 rings (SSSR count). The van der Waals surface area contributed by atoms with Gasteiger partial charge in [0.2, 0.25) is 0 Å². The SMILES string of the molecule is CC(C)CN=C(N)NC(C)c1ccc(Cl)cc1Cl. The van der Waals surface area contributed by atoms with Gasteiger partial charge < -0.3 is 11.1 Å². The Kier molecular flexibility index (Phi) is 5.76. The quantitative estimate of drug-likeness (QED) is 0.656. The van der Waals surface area contributed by atoms with Crippen LogP contribution >= 0.6 is 23.2 Å². The fourth-order valence-electron chi connectivity index (χ4n) is 1.48. The molecule has 5 heteroatoms. The van der Waals surface area contributed by atoms with E-state index in [9.17, 15) is 0 Å². The highest BCUT2D eigenvalue weighted by Crippen LogP contribution is 2.25. The second-order valence-electron chi connectivity index (χ2n) is 4.65. The maximum Gasteiger partial charge on any atom is 0.189 e. The molecular formula is C13H19Cl2N3. The van der Waals surface area contributed by atoms with E-state index >= 15 is 0 Å². The van der Waals surface area contributed by atoms with Gasteiger partial charge in [0.05, 0.1) is 6.04 Å². The van der Waals surface area contributed by atoms with Crippen molar-refractivity contribution in [2.45, 2.75) is 26.8 Å². The molecule has 1 atom stereocenters. The maximum absolute atomic E-state index is 6.13. The average Bonchev–Trinajstić information content (AvgIpc) is 2.26. The van der Waals surface area contributed by atoms with Gasteiger partial charge in [0.1, 0.15) is 0 Å². The Bertz CT molecular complexity index is 430. The molecule has 0 aliphatic heterocycles. The average molecular weight is 288 g/mol. The predicted octanol–water partition coefficient (Wildman–Crippen LogP) is 3.61. The molecule has 0 saturated carbocycles. The van der Waals surface area contributed by atoms with E-state index in [-0.39, 0.29) is 6.04 Å². The number of hydrogen-bond acceptors (Lipinski definition) is 1. The summed E-state index contributed by atoms with van der Waals surface area (Å²) in [6.07, 6.45) is 0. The predicted molar refractivity (Wildman–Crippen MR) is 79.3 cm³/mol. The minimum Gasteiger partial charge on any atom is -0.370 e. The van der Waals surface area contributed by atoms with Crippen molar-refractivity contribution in [3.8, 4) is 0 Å². The van der Waals surface area contributed by atoms with Gasteiger partial charge in [-0.15, -0.1) is 0 Å². The first-order valence-electron chi connectivity index (χ1n) is 5.91. The molecule has 3 nitrogen and oxygen atoms in total. The van der Waals surface area contributed by atoms with Gasteiger partial charge in [-0.3, -0.25) is 4.99 Å². The number of nitrogens with one attached hydrogen (secondary N) is 1. The van der Waals surface area contributed by atoms with E-state index < -0.39 is 0 Å². The van der Waals surface area contributed by atoms with E-state index in [4.69, 9.17) is 28.9 Å². The lowest BCUT2D eigenvalue weighted by Gasteiger charge is -2.16.